The standard InChI is InChI=1S/C30H33NO6/c1-6-36-29(33)24-18(4)31-23-16-22(20-9-8-10-21(15-20)35-5)26(30(34)37-7-2)28(32)27(23)25(24)19-13-11-17(3)12-14-19/h8-15,22,25-26,31H,6-7,16H2,1-5H3/t22-,25-,26+/m0/s1. The average molecular weight is 504 g/mol. The van der Waals surface area contributed by atoms with Crippen LogP contribution in [-0.4, -0.2) is 38.0 Å². The summed E-state index contributed by atoms with van der Waals surface area (Å²) in [4.78, 5) is 40.7. The van der Waals surface area contributed by atoms with Crippen LogP contribution in [0.15, 0.2) is 71.1 Å². The van der Waals surface area contributed by atoms with Gasteiger partial charge in [0.2, 0.25) is 0 Å². The first kappa shape index (κ1) is 26.2. The molecule has 1 aliphatic heterocycles. The second kappa shape index (κ2) is 11.0. The Morgan fingerprint density at radius 2 is 1.68 bits per heavy atom. The van der Waals surface area contributed by atoms with Crippen LogP contribution < -0.4 is 10.1 Å². The normalized spacial score (nSPS) is 21.2. The number of aryl methyl sites for hydroxylation is 1. The Kier molecular flexibility index (Phi) is 7.81. The van der Waals surface area contributed by atoms with Gasteiger partial charge in [0.25, 0.3) is 0 Å². The SMILES string of the molecule is CCOC(=O)C1=C(C)NC2=C(C(=O)[C@H](C(=O)OCC)[C@H](c3cccc(OC)c3)C2)[C@H]1c1ccc(C)cc1. The van der Waals surface area contributed by atoms with Crippen molar-refractivity contribution in [1.82, 2.24) is 5.32 Å². The van der Waals surface area contributed by atoms with E-state index in [4.69, 9.17) is 14.2 Å². The minimum absolute atomic E-state index is 0.159. The summed E-state index contributed by atoms with van der Waals surface area (Å²) in [5.74, 6) is -2.93. The largest absolute Gasteiger partial charge is 0.497 e. The van der Waals surface area contributed by atoms with Crippen LogP contribution in [0.2, 0.25) is 0 Å². The number of carbonyl (C=O) groups is 3. The summed E-state index contributed by atoms with van der Waals surface area (Å²) >= 11 is 0. The highest BCUT2D eigenvalue weighted by Gasteiger charge is 2.49. The van der Waals surface area contributed by atoms with Crippen LogP contribution in [0, 0.1) is 12.8 Å². The van der Waals surface area contributed by atoms with Crippen LogP contribution in [0.1, 0.15) is 55.7 Å². The molecule has 1 N–H and O–H groups in total. The molecule has 0 amide bonds. The summed E-state index contributed by atoms with van der Waals surface area (Å²) in [6.45, 7) is 7.63. The lowest BCUT2D eigenvalue weighted by Gasteiger charge is -2.39. The van der Waals surface area contributed by atoms with Gasteiger partial charge in [0.15, 0.2) is 5.78 Å². The highest BCUT2D eigenvalue weighted by Crippen LogP contribution is 2.48. The van der Waals surface area contributed by atoms with E-state index in [2.05, 4.69) is 5.32 Å². The smallest absolute Gasteiger partial charge is 0.336 e. The lowest BCUT2D eigenvalue weighted by molar-refractivity contribution is -0.152. The van der Waals surface area contributed by atoms with Crippen LogP contribution >= 0.6 is 0 Å². The Balaban J connectivity index is 1.89. The van der Waals surface area contributed by atoms with Crippen LogP contribution in [-0.2, 0) is 23.9 Å². The fourth-order valence-electron chi connectivity index (χ4n) is 5.29. The van der Waals surface area contributed by atoms with Crippen LogP contribution in [0.4, 0.5) is 0 Å². The van der Waals surface area contributed by atoms with E-state index in [1.54, 1.807) is 21.0 Å². The molecule has 1 heterocycles. The molecule has 3 atom stereocenters. The number of rotatable bonds is 7. The van der Waals surface area contributed by atoms with Crippen LogP contribution in [0.3, 0.4) is 0 Å². The van der Waals surface area contributed by atoms with E-state index in [1.165, 1.54) is 0 Å². The maximum Gasteiger partial charge on any atom is 0.336 e. The number of methoxy groups -OCH3 is 1. The molecule has 0 fully saturated rings. The number of hydrogen-bond acceptors (Lipinski definition) is 7. The average Bonchev–Trinajstić information content (AvgIpc) is 2.88. The molecule has 2 aromatic rings. The first-order valence-corrected chi connectivity index (χ1v) is 12.6. The van der Waals surface area contributed by atoms with Gasteiger partial charge in [-0.25, -0.2) is 4.79 Å². The summed E-state index contributed by atoms with van der Waals surface area (Å²) in [6, 6.07) is 15.2. The molecule has 7 heteroatoms. The fourth-order valence-corrected chi connectivity index (χ4v) is 5.29. The number of carbonyl (C=O) groups excluding carboxylic acids is 3. The van der Waals surface area contributed by atoms with Gasteiger partial charge in [0, 0.05) is 28.8 Å². The van der Waals surface area contributed by atoms with E-state index >= 15 is 0 Å². The lowest BCUT2D eigenvalue weighted by Crippen LogP contribution is -2.43. The third-order valence-corrected chi connectivity index (χ3v) is 6.99. The topological polar surface area (TPSA) is 90.9 Å². The van der Waals surface area contributed by atoms with Crippen LogP contribution in [0.5, 0.6) is 5.75 Å². The summed E-state index contributed by atoms with van der Waals surface area (Å²) in [5, 5.41) is 3.32. The zero-order valence-corrected chi connectivity index (χ0v) is 21.9. The third kappa shape index (κ3) is 5.03. The number of hydrogen-bond donors (Lipinski definition) is 1. The van der Waals surface area contributed by atoms with Crippen molar-refractivity contribution in [3.8, 4) is 5.75 Å². The third-order valence-electron chi connectivity index (χ3n) is 6.99. The molecule has 0 aromatic heterocycles. The highest BCUT2D eigenvalue weighted by atomic mass is 16.5. The van der Waals surface area contributed by atoms with E-state index in [9.17, 15) is 14.4 Å². The summed E-state index contributed by atoms with van der Waals surface area (Å²) < 4.78 is 16.2. The molecule has 0 unspecified atom stereocenters. The molecule has 4 rings (SSSR count). The van der Waals surface area contributed by atoms with Gasteiger partial charge in [0.05, 0.1) is 25.9 Å². The number of allylic oxidation sites excluding steroid dienone is 3. The number of dihydropyridines is 1. The second-order valence-corrected chi connectivity index (χ2v) is 9.30. The van der Waals surface area contributed by atoms with Crippen molar-refractivity contribution >= 4 is 17.7 Å². The molecule has 0 spiro atoms. The molecular formula is C30H33NO6. The van der Waals surface area contributed by atoms with Gasteiger partial charge < -0.3 is 19.5 Å². The monoisotopic (exact) mass is 503 g/mol. The van der Waals surface area contributed by atoms with E-state index < -0.39 is 29.7 Å². The van der Waals surface area contributed by atoms with Gasteiger partial charge in [-0.2, -0.15) is 0 Å². The van der Waals surface area contributed by atoms with Crippen molar-refractivity contribution in [2.75, 3.05) is 20.3 Å². The number of ether oxygens (including phenoxy) is 3. The fraction of sp³-hybridized carbons (Fsp3) is 0.367. The number of benzene rings is 2. The molecule has 194 valence electrons. The van der Waals surface area contributed by atoms with Gasteiger partial charge in [-0.1, -0.05) is 42.0 Å². The summed E-state index contributed by atoms with van der Waals surface area (Å²) in [5.41, 5.74) is 4.78. The molecule has 0 bridgehead atoms. The molecule has 0 saturated carbocycles. The second-order valence-electron chi connectivity index (χ2n) is 9.30. The molecule has 0 radical (unpaired) electrons. The highest BCUT2D eigenvalue weighted by molar-refractivity contribution is 6.13. The van der Waals surface area contributed by atoms with Crippen molar-refractivity contribution in [3.63, 3.8) is 0 Å². The minimum atomic E-state index is -1.05. The predicted octanol–water partition coefficient (Wildman–Crippen LogP) is 4.72. The maximum absolute atomic E-state index is 14.3. The summed E-state index contributed by atoms with van der Waals surface area (Å²) in [7, 11) is 1.58. The number of Topliss-reactive ketones (excluding diaryl/α,β-unsaturated/α-hetero) is 1. The van der Waals surface area contributed by atoms with Gasteiger partial charge in [-0.3, -0.25) is 9.59 Å². The van der Waals surface area contributed by atoms with Crippen molar-refractivity contribution in [1.29, 1.82) is 0 Å². The Morgan fingerprint density at radius 3 is 2.32 bits per heavy atom. The maximum atomic E-state index is 14.3. The quantitative estimate of drug-likeness (QED) is 0.432. The van der Waals surface area contributed by atoms with Gasteiger partial charge >= 0.3 is 11.9 Å². The van der Waals surface area contributed by atoms with E-state index in [1.807, 2.05) is 62.4 Å². The van der Waals surface area contributed by atoms with Gasteiger partial charge in [-0.15, -0.1) is 0 Å². The molecule has 1 aliphatic carbocycles. The molecule has 2 aromatic carbocycles. The predicted molar refractivity (Wildman–Crippen MR) is 139 cm³/mol. The van der Waals surface area contributed by atoms with Gasteiger partial charge in [0.1, 0.15) is 11.7 Å². The number of ketones is 1. The van der Waals surface area contributed by atoms with E-state index in [0.29, 0.717) is 34.7 Å². The zero-order valence-electron chi connectivity index (χ0n) is 21.9. The Hall–Kier alpha value is -3.87. The molecular weight excluding hydrogens is 470 g/mol. The first-order chi connectivity index (χ1) is 17.8. The van der Waals surface area contributed by atoms with Crippen molar-refractivity contribution in [2.24, 2.45) is 5.92 Å². The van der Waals surface area contributed by atoms with Crippen LogP contribution in [0.25, 0.3) is 0 Å². The molecule has 2 aliphatic rings. The number of nitrogens with one attached hydrogen (secondary N) is 1. The number of esters is 2. The zero-order chi connectivity index (χ0) is 26.7. The first-order valence-electron chi connectivity index (χ1n) is 12.6. The Morgan fingerprint density at radius 1 is 0.973 bits per heavy atom. The van der Waals surface area contributed by atoms with E-state index in [-0.39, 0.29) is 19.0 Å². The molecule has 37 heavy (non-hydrogen) atoms. The Labute approximate surface area is 217 Å². The van der Waals surface area contributed by atoms with Crippen molar-refractivity contribution in [3.05, 3.63) is 87.8 Å². The molecule has 0 saturated heterocycles. The van der Waals surface area contributed by atoms with Gasteiger partial charge in [-0.05, 0) is 57.4 Å². The molecule has 7 nitrogen and oxygen atoms in total. The van der Waals surface area contributed by atoms with Crippen molar-refractivity contribution < 1.29 is 28.6 Å². The Bertz CT molecular complexity index is 1270. The van der Waals surface area contributed by atoms with Crippen molar-refractivity contribution in [2.45, 2.75) is 46.0 Å². The van der Waals surface area contributed by atoms with E-state index in [0.717, 1.165) is 16.7 Å². The summed E-state index contributed by atoms with van der Waals surface area (Å²) in [6.07, 6.45) is 0.396. The minimum Gasteiger partial charge on any atom is -0.497 e. The lowest BCUT2D eigenvalue weighted by atomic mass is 9.67.